The summed E-state index contributed by atoms with van der Waals surface area (Å²) >= 11 is 0. The molecule has 0 saturated carbocycles. The van der Waals surface area contributed by atoms with Gasteiger partial charge in [-0.15, -0.1) is 0 Å². The lowest BCUT2D eigenvalue weighted by molar-refractivity contribution is -0.137. The van der Waals surface area contributed by atoms with Crippen LogP contribution in [0.3, 0.4) is 0 Å². The van der Waals surface area contributed by atoms with E-state index in [0.717, 1.165) is 43.8 Å². The van der Waals surface area contributed by atoms with Gasteiger partial charge >= 0.3 is 6.18 Å². The van der Waals surface area contributed by atoms with Crippen LogP contribution < -0.4 is 10.2 Å². The molecule has 1 saturated heterocycles. The minimum Gasteiger partial charge on any atom is -0.370 e. The summed E-state index contributed by atoms with van der Waals surface area (Å²) in [5.74, 6) is -1.01. The van der Waals surface area contributed by atoms with Crippen molar-refractivity contribution in [1.82, 2.24) is 0 Å². The third-order valence-electron chi connectivity index (χ3n) is 4.72. The van der Waals surface area contributed by atoms with Crippen LogP contribution in [0, 0.1) is 0 Å². The lowest BCUT2D eigenvalue weighted by Gasteiger charge is -2.22. The van der Waals surface area contributed by atoms with E-state index in [1.165, 1.54) is 6.07 Å². The van der Waals surface area contributed by atoms with Gasteiger partial charge in [-0.1, -0.05) is 30.3 Å². The van der Waals surface area contributed by atoms with Gasteiger partial charge in [0.15, 0.2) is 0 Å². The van der Waals surface area contributed by atoms with Crippen molar-refractivity contribution in [3.63, 3.8) is 0 Å². The maximum atomic E-state index is 12.9. The van der Waals surface area contributed by atoms with Crippen molar-refractivity contribution in [2.75, 3.05) is 23.3 Å². The third-order valence-corrected chi connectivity index (χ3v) is 4.72. The number of nitrogens with zero attached hydrogens (tertiary/aromatic N) is 1. The van der Waals surface area contributed by atoms with Gasteiger partial charge in [0.05, 0.1) is 22.9 Å². The van der Waals surface area contributed by atoms with E-state index in [-0.39, 0.29) is 5.91 Å². The number of benzene rings is 2. The molecule has 6 heteroatoms. The number of hydrogen-bond donors (Lipinski definition) is 1. The molecule has 1 aliphatic heterocycles. The summed E-state index contributed by atoms with van der Waals surface area (Å²) in [6.07, 6.45) is -2.19. The minimum atomic E-state index is -4.42. The fourth-order valence-electron chi connectivity index (χ4n) is 3.19. The van der Waals surface area contributed by atoms with Gasteiger partial charge in [-0.05, 0) is 43.5 Å². The average Bonchev–Trinajstić information content (AvgIpc) is 3.15. The molecular formula is C20H21F3N2O. The van der Waals surface area contributed by atoms with Crippen LogP contribution in [0.5, 0.6) is 0 Å². The first-order valence-electron chi connectivity index (χ1n) is 8.68. The molecule has 1 fully saturated rings. The molecule has 1 heterocycles. The number of amides is 1. The van der Waals surface area contributed by atoms with E-state index in [2.05, 4.69) is 10.2 Å². The van der Waals surface area contributed by atoms with Crippen molar-refractivity contribution in [1.29, 1.82) is 0 Å². The normalized spacial score (nSPS) is 15.8. The molecule has 26 heavy (non-hydrogen) atoms. The van der Waals surface area contributed by atoms with E-state index in [0.29, 0.717) is 11.3 Å². The van der Waals surface area contributed by atoms with Crippen LogP contribution in [0.4, 0.5) is 24.5 Å². The zero-order chi connectivity index (χ0) is 18.7. The molecule has 1 amide bonds. The molecule has 0 spiro atoms. The van der Waals surface area contributed by atoms with Gasteiger partial charge in [0.1, 0.15) is 0 Å². The van der Waals surface area contributed by atoms with Crippen LogP contribution in [-0.4, -0.2) is 19.0 Å². The molecular weight excluding hydrogens is 341 g/mol. The van der Waals surface area contributed by atoms with Crippen molar-refractivity contribution in [3.8, 4) is 0 Å². The molecule has 2 aromatic rings. The Balaban J connectivity index is 1.78. The topological polar surface area (TPSA) is 32.3 Å². The predicted molar refractivity (Wildman–Crippen MR) is 96.4 cm³/mol. The number of carbonyl (C=O) groups excluding carboxylic acids is 1. The highest BCUT2D eigenvalue weighted by Crippen LogP contribution is 2.32. The molecule has 1 aliphatic rings. The van der Waals surface area contributed by atoms with E-state index < -0.39 is 17.7 Å². The Morgan fingerprint density at radius 2 is 1.77 bits per heavy atom. The van der Waals surface area contributed by atoms with E-state index >= 15 is 0 Å². The highest BCUT2D eigenvalue weighted by atomic mass is 19.4. The summed E-state index contributed by atoms with van der Waals surface area (Å²) in [4.78, 5) is 14.8. The summed E-state index contributed by atoms with van der Waals surface area (Å²) in [6, 6.07) is 12.5. The quantitative estimate of drug-likeness (QED) is 0.826. The standard InChI is InChI=1S/C20H21F3N2O/c1-14(15-7-6-8-16(13-15)20(21,22)23)19(26)24-17-9-2-3-10-18(17)25-11-4-5-12-25/h2-3,6-10,13-14H,4-5,11-12H2,1H3,(H,24,26)/t14-/m0/s1. The van der Waals surface area contributed by atoms with E-state index in [4.69, 9.17) is 0 Å². The molecule has 1 N–H and O–H groups in total. The van der Waals surface area contributed by atoms with Gasteiger partial charge in [0, 0.05) is 13.1 Å². The van der Waals surface area contributed by atoms with Crippen LogP contribution in [-0.2, 0) is 11.0 Å². The van der Waals surface area contributed by atoms with Crippen molar-refractivity contribution < 1.29 is 18.0 Å². The number of halogens is 3. The van der Waals surface area contributed by atoms with Crippen molar-refractivity contribution in [2.45, 2.75) is 31.9 Å². The molecule has 2 aromatic carbocycles. The SMILES string of the molecule is C[C@H](C(=O)Nc1ccccc1N1CCCC1)c1cccc(C(F)(F)F)c1. The first-order valence-corrected chi connectivity index (χ1v) is 8.68. The Morgan fingerprint density at radius 3 is 2.46 bits per heavy atom. The molecule has 138 valence electrons. The van der Waals surface area contributed by atoms with Gasteiger partial charge in [-0.25, -0.2) is 0 Å². The van der Waals surface area contributed by atoms with E-state index in [9.17, 15) is 18.0 Å². The van der Waals surface area contributed by atoms with Crippen LogP contribution in [0.2, 0.25) is 0 Å². The van der Waals surface area contributed by atoms with Crippen molar-refractivity contribution in [3.05, 3.63) is 59.7 Å². The summed E-state index contributed by atoms with van der Waals surface area (Å²) in [5, 5.41) is 2.88. The summed E-state index contributed by atoms with van der Waals surface area (Å²) in [6.45, 7) is 3.50. The molecule has 0 bridgehead atoms. The minimum absolute atomic E-state index is 0.323. The maximum Gasteiger partial charge on any atom is 0.416 e. The first-order chi connectivity index (χ1) is 12.4. The van der Waals surface area contributed by atoms with Gasteiger partial charge < -0.3 is 10.2 Å². The number of hydrogen-bond acceptors (Lipinski definition) is 2. The molecule has 3 rings (SSSR count). The lowest BCUT2D eigenvalue weighted by Crippen LogP contribution is -2.23. The average molecular weight is 362 g/mol. The zero-order valence-corrected chi connectivity index (χ0v) is 14.5. The molecule has 1 atom stereocenters. The summed E-state index contributed by atoms with van der Waals surface area (Å²) < 4.78 is 38.7. The molecule has 0 aliphatic carbocycles. The summed E-state index contributed by atoms with van der Waals surface area (Å²) in [7, 11) is 0. The Hall–Kier alpha value is -2.50. The number of carbonyl (C=O) groups is 1. The van der Waals surface area contributed by atoms with Crippen LogP contribution in [0.15, 0.2) is 48.5 Å². The third kappa shape index (κ3) is 4.00. The number of nitrogens with one attached hydrogen (secondary N) is 1. The molecule has 0 radical (unpaired) electrons. The second kappa shape index (κ2) is 7.40. The summed E-state index contributed by atoms with van der Waals surface area (Å²) in [5.41, 5.74) is 1.25. The highest BCUT2D eigenvalue weighted by molar-refractivity contribution is 5.98. The highest BCUT2D eigenvalue weighted by Gasteiger charge is 2.31. The van der Waals surface area contributed by atoms with E-state index in [1.54, 1.807) is 13.0 Å². The van der Waals surface area contributed by atoms with Crippen molar-refractivity contribution in [2.24, 2.45) is 0 Å². The second-order valence-electron chi connectivity index (χ2n) is 6.55. The molecule has 0 aromatic heterocycles. The Bertz CT molecular complexity index is 783. The smallest absolute Gasteiger partial charge is 0.370 e. The molecule has 0 unspecified atom stereocenters. The fourth-order valence-corrected chi connectivity index (χ4v) is 3.19. The Labute approximate surface area is 150 Å². The number of anilines is 2. The lowest BCUT2D eigenvalue weighted by atomic mass is 9.98. The van der Waals surface area contributed by atoms with Gasteiger partial charge in [-0.3, -0.25) is 4.79 Å². The predicted octanol–water partition coefficient (Wildman–Crippen LogP) is 5.05. The number of para-hydroxylation sites is 2. The first kappa shape index (κ1) is 18.3. The monoisotopic (exact) mass is 362 g/mol. The van der Waals surface area contributed by atoms with Crippen molar-refractivity contribution >= 4 is 17.3 Å². The second-order valence-corrected chi connectivity index (χ2v) is 6.55. The van der Waals surface area contributed by atoms with Crippen LogP contribution in [0.25, 0.3) is 0 Å². The fraction of sp³-hybridized carbons (Fsp3) is 0.350. The van der Waals surface area contributed by atoms with Crippen LogP contribution in [0.1, 0.15) is 36.8 Å². The number of rotatable bonds is 4. The van der Waals surface area contributed by atoms with Gasteiger partial charge in [0.2, 0.25) is 5.91 Å². The Morgan fingerprint density at radius 1 is 1.08 bits per heavy atom. The Kier molecular flexibility index (Phi) is 5.20. The maximum absolute atomic E-state index is 12.9. The van der Waals surface area contributed by atoms with E-state index in [1.807, 2.05) is 24.3 Å². The van der Waals surface area contributed by atoms with Gasteiger partial charge in [-0.2, -0.15) is 13.2 Å². The van der Waals surface area contributed by atoms with Gasteiger partial charge in [0.25, 0.3) is 0 Å². The number of alkyl halides is 3. The zero-order valence-electron chi connectivity index (χ0n) is 14.5. The molecule has 3 nitrogen and oxygen atoms in total. The largest absolute Gasteiger partial charge is 0.416 e. The van der Waals surface area contributed by atoms with Crippen LogP contribution >= 0.6 is 0 Å².